The van der Waals surface area contributed by atoms with Gasteiger partial charge in [0.2, 0.25) is 0 Å². The lowest BCUT2D eigenvalue weighted by Gasteiger charge is -2.08. The van der Waals surface area contributed by atoms with E-state index in [1.807, 2.05) is 26.0 Å². The average molecular weight is 370 g/mol. The van der Waals surface area contributed by atoms with Gasteiger partial charge < -0.3 is 14.5 Å². The number of nitrogens with one attached hydrogen (secondary N) is 1. The molecule has 0 unspecified atom stereocenters. The summed E-state index contributed by atoms with van der Waals surface area (Å²) >= 11 is 1.31. The van der Waals surface area contributed by atoms with Crippen LogP contribution in [0.25, 0.3) is 11.0 Å². The van der Waals surface area contributed by atoms with Gasteiger partial charge in [-0.05, 0) is 37.1 Å². The molecule has 0 spiro atoms. The van der Waals surface area contributed by atoms with Crippen molar-refractivity contribution in [1.82, 2.24) is 4.98 Å². The summed E-state index contributed by atoms with van der Waals surface area (Å²) in [6, 6.07) is 5.09. The maximum atomic E-state index is 12.2. The van der Waals surface area contributed by atoms with Crippen LogP contribution in [0, 0.1) is 13.8 Å². The summed E-state index contributed by atoms with van der Waals surface area (Å²) in [7, 11) is 0. The molecule has 6 nitrogen and oxygen atoms in total. The van der Waals surface area contributed by atoms with Crippen molar-refractivity contribution in [3.63, 3.8) is 0 Å². The first-order chi connectivity index (χ1) is 12.5. The van der Waals surface area contributed by atoms with Crippen LogP contribution in [0.3, 0.4) is 0 Å². The molecule has 2 heterocycles. The molecule has 0 fully saturated rings. The molecule has 3 rings (SSSR count). The van der Waals surface area contributed by atoms with Crippen molar-refractivity contribution in [3.8, 4) is 0 Å². The van der Waals surface area contributed by atoms with Crippen molar-refractivity contribution in [1.29, 1.82) is 0 Å². The van der Waals surface area contributed by atoms with E-state index < -0.39 is 11.6 Å². The number of esters is 1. The van der Waals surface area contributed by atoms with Gasteiger partial charge >= 0.3 is 11.6 Å². The van der Waals surface area contributed by atoms with Crippen LogP contribution in [0.15, 0.2) is 45.4 Å². The highest BCUT2D eigenvalue weighted by molar-refractivity contribution is 7.13. The summed E-state index contributed by atoms with van der Waals surface area (Å²) in [5, 5.41) is 6.01. The minimum Gasteiger partial charge on any atom is -0.456 e. The number of carbonyl (C=O) groups excluding carboxylic acids is 1. The lowest BCUT2D eigenvalue weighted by molar-refractivity contribution is 0.0468. The summed E-state index contributed by atoms with van der Waals surface area (Å²) in [5.74, 6) is -0.543. The van der Waals surface area contributed by atoms with Gasteiger partial charge in [0.25, 0.3) is 0 Å². The van der Waals surface area contributed by atoms with Crippen LogP contribution in [0.2, 0.25) is 0 Å². The van der Waals surface area contributed by atoms with E-state index in [-0.39, 0.29) is 12.3 Å². The molecule has 1 aromatic carbocycles. The first kappa shape index (κ1) is 17.9. The van der Waals surface area contributed by atoms with Crippen molar-refractivity contribution >= 4 is 33.4 Å². The molecular formula is C19H18N2O4S. The van der Waals surface area contributed by atoms with Crippen LogP contribution in [0.5, 0.6) is 0 Å². The highest BCUT2D eigenvalue weighted by atomic mass is 32.1. The SMILES string of the molecule is C=CCNc1nc(C(=O)OCc2cc(=O)oc3cc(C)c(C)cc23)cs1. The molecule has 0 aliphatic rings. The Morgan fingerprint density at radius 1 is 1.35 bits per heavy atom. The monoisotopic (exact) mass is 370 g/mol. The third-order valence-electron chi connectivity index (χ3n) is 3.91. The van der Waals surface area contributed by atoms with Crippen LogP contribution in [0.1, 0.15) is 27.2 Å². The molecule has 0 saturated carbocycles. The Balaban J connectivity index is 1.80. The Morgan fingerprint density at radius 3 is 2.88 bits per heavy atom. The summed E-state index contributed by atoms with van der Waals surface area (Å²) in [6.07, 6.45) is 1.70. The molecule has 0 aliphatic heterocycles. The maximum Gasteiger partial charge on any atom is 0.358 e. The van der Waals surface area contributed by atoms with Gasteiger partial charge in [-0.3, -0.25) is 0 Å². The van der Waals surface area contributed by atoms with Gasteiger partial charge in [-0.15, -0.1) is 17.9 Å². The van der Waals surface area contributed by atoms with E-state index in [2.05, 4.69) is 16.9 Å². The number of hydrogen-bond acceptors (Lipinski definition) is 7. The average Bonchev–Trinajstić information content (AvgIpc) is 3.08. The highest BCUT2D eigenvalue weighted by Gasteiger charge is 2.14. The molecule has 2 aromatic heterocycles. The van der Waals surface area contributed by atoms with Crippen molar-refractivity contribution in [2.24, 2.45) is 0 Å². The van der Waals surface area contributed by atoms with Gasteiger partial charge in [0.15, 0.2) is 10.8 Å². The molecular weight excluding hydrogens is 352 g/mol. The number of carbonyl (C=O) groups is 1. The van der Waals surface area contributed by atoms with Gasteiger partial charge in [0, 0.05) is 28.9 Å². The van der Waals surface area contributed by atoms with E-state index in [4.69, 9.17) is 9.15 Å². The van der Waals surface area contributed by atoms with Gasteiger partial charge in [-0.25, -0.2) is 14.6 Å². The van der Waals surface area contributed by atoms with E-state index >= 15 is 0 Å². The van der Waals surface area contributed by atoms with Crippen molar-refractivity contribution in [3.05, 3.63) is 69.0 Å². The zero-order chi connectivity index (χ0) is 18.7. The van der Waals surface area contributed by atoms with Crippen molar-refractivity contribution in [2.75, 3.05) is 11.9 Å². The first-order valence-corrected chi connectivity index (χ1v) is 8.87. The Labute approximate surface area is 154 Å². The maximum absolute atomic E-state index is 12.2. The molecule has 0 aliphatic carbocycles. The Morgan fingerprint density at radius 2 is 2.12 bits per heavy atom. The highest BCUT2D eigenvalue weighted by Crippen LogP contribution is 2.23. The second-order valence-corrected chi connectivity index (χ2v) is 6.67. The second-order valence-electron chi connectivity index (χ2n) is 5.81. The minimum absolute atomic E-state index is 0.0314. The number of aryl methyl sites for hydroxylation is 2. The quantitative estimate of drug-likeness (QED) is 0.404. The number of benzene rings is 1. The summed E-state index contributed by atoms with van der Waals surface area (Å²) < 4.78 is 10.6. The van der Waals surface area contributed by atoms with Crippen molar-refractivity contribution in [2.45, 2.75) is 20.5 Å². The van der Waals surface area contributed by atoms with Crippen LogP contribution in [-0.4, -0.2) is 17.5 Å². The Hall–Kier alpha value is -2.93. The molecule has 0 saturated heterocycles. The fourth-order valence-corrected chi connectivity index (χ4v) is 3.12. The predicted molar refractivity (Wildman–Crippen MR) is 102 cm³/mol. The smallest absolute Gasteiger partial charge is 0.358 e. The molecule has 26 heavy (non-hydrogen) atoms. The van der Waals surface area contributed by atoms with Crippen LogP contribution in [-0.2, 0) is 11.3 Å². The molecule has 0 amide bonds. The van der Waals surface area contributed by atoms with Gasteiger partial charge in [-0.2, -0.15) is 0 Å². The number of fused-ring (bicyclic) bond motifs is 1. The van der Waals surface area contributed by atoms with E-state index in [9.17, 15) is 9.59 Å². The first-order valence-electron chi connectivity index (χ1n) is 7.99. The number of aromatic nitrogens is 1. The predicted octanol–water partition coefficient (Wildman–Crippen LogP) is 3.82. The van der Waals surface area contributed by atoms with E-state index in [0.29, 0.717) is 22.8 Å². The fraction of sp³-hybridized carbons (Fsp3) is 0.211. The third-order valence-corrected chi connectivity index (χ3v) is 4.71. The number of ether oxygens (including phenoxy) is 1. The molecule has 0 radical (unpaired) electrons. The lowest BCUT2D eigenvalue weighted by Crippen LogP contribution is -2.09. The van der Waals surface area contributed by atoms with Gasteiger partial charge in [0.05, 0.1) is 0 Å². The fourth-order valence-electron chi connectivity index (χ4n) is 2.43. The summed E-state index contributed by atoms with van der Waals surface area (Å²) in [4.78, 5) is 28.2. The Kier molecular flexibility index (Phi) is 5.18. The third kappa shape index (κ3) is 3.83. The number of anilines is 1. The molecule has 1 N–H and O–H groups in total. The van der Waals surface area contributed by atoms with Crippen LogP contribution >= 0.6 is 11.3 Å². The molecule has 7 heteroatoms. The molecule has 3 aromatic rings. The molecule has 134 valence electrons. The normalized spacial score (nSPS) is 10.7. The van der Waals surface area contributed by atoms with Crippen LogP contribution < -0.4 is 10.9 Å². The van der Waals surface area contributed by atoms with E-state index in [1.54, 1.807) is 11.5 Å². The number of rotatable bonds is 6. The zero-order valence-corrected chi connectivity index (χ0v) is 15.3. The number of nitrogens with zero attached hydrogens (tertiary/aromatic N) is 1. The van der Waals surface area contributed by atoms with Gasteiger partial charge in [0.1, 0.15) is 12.2 Å². The number of thiazole rings is 1. The second kappa shape index (κ2) is 7.53. The van der Waals surface area contributed by atoms with Crippen LogP contribution in [0.4, 0.5) is 5.13 Å². The van der Waals surface area contributed by atoms with E-state index in [0.717, 1.165) is 16.5 Å². The van der Waals surface area contributed by atoms with Gasteiger partial charge in [-0.1, -0.05) is 6.08 Å². The van der Waals surface area contributed by atoms with Crippen molar-refractivity contribution < 1.29 is 13.9 Å². The van der Waals surface area contributed by atoms with E-state index in [1.165, 1.54) is 17.4 Å². The number of hydrogen-bond donors (Lipinski definition) is 1. The Bertz CT molecular complexity index is 1040. The summed E-state index contributed by atoms with van der Waals surface area (Å²) in [6.45, 7) is 8.07. The minimum atomic E-state index is -0.543. The largest absolute Gasteiger partial charge is 0.456 e. The zero-order valence-electron chi connectivity index (χ0n) is 14.5. The standard InChI is InChI=1S/C19H18N2O4S/c1-4-5-20-19-21-15(10-26-19)18(23)24-9-13-8-17(22)25-16-7-12(3)11(2)6-14(13)16/h4,6-8,10H,1,5,9H2,2-3H3,(H,20,21). The lowest BCUT2D eigenvalue weighted by atomic mass is 10.0. The molecule has 0 atom stereocenters. The molecule has 0 bridgehead atoms. The summed E-state index contributed by atoms with van der Waals surface area (Å²) in [5.41, 5.74) is 2.93. The topological polar surface area (TPSA) is 81.4 Å².